The van der Waals surface area contributed by atoms with Crippen LogP contribution in [0, 0.1) is 0 Å². The first kappa shape index (κ1) is 15.2. The van der Waals surface area contributed by atoms with Crippen molar-refractivity contribution in [3.05, 3.63) is 24.0 Å². The van der Waals surface area contributed by atoms with Crippen molar-refractivity contribution in [3.8, 4) is 5.75 Å². The fourth-order valence-electron chi connectivity index (χ4n) is 1.90. The molecule has 1 aromatic heterocycles. The number of rotatable bonds is 5. The second kappa shape index (κ2) is 7.58. The molecule has 0 bridgehead atoms. The number of morpholine rings is 1. The number of pyridine rings is 1. The highest BCUT2D eigenvalue weighted by atomic mass is 16.5. The highest BCUT2D eigenvalue weighted by Crippen LogP contribution is 2.09. The molecular weight excluding hydrogens is 274 g/mol. The molecule has 0 unspecified atom stereocenters. The Hall–Kier alpha value is -2.15. The summed E-state index contributed by atoms with van der Waals surface area (Å²) in [7, 11) is 0. The number of nitrogens with zero attached hydrogens (tertiary/aromatic N) is 2. The lowest BCUT2D eigenvalue weighted by Crippen LogP contribution is -2.42. The van der Waals surface area contributed by atoms with E-state index in [4.69, 9.17) is 9.47 Å². The van der Waals surface area contributed by atoms with E-state index in [0.29, 0.717) is 44.3 Å². The summed E-state index contributed by atoms with van der Waals surface area (Å²) in [4.78, 5) is 29.1. The van der Waals surface area contributed by atoms with E-state index in [1.807, 2.05) is 6.92 Å². The molecule has 0 saturated carbocycles. The molecule has 1 aromatic rings. The summed E-state index contributed by atoms with van der Waals surface area (Å²) < 4.78 is 10.6. The van der Waals surface area contributed by atoms with E-state index < -0.39 is 0 Å². The van der Waals surface area contributed by atoms with Crippen molar-refractivity contribution in [1.82, 2.24) is 15.2 Å². The zero-order valence-electron chi connectivity index (χ0n) is 12.0. The first-order valence-corrected chi connectivity index (χ1v) is 6.93. The van der Waals surface area contributed by atoms with E-state index in [9.17, 15) is 9.59 Å². The number of hydrogen-bond acceptors (Lipinski definition) is 5. The van der Waals surface area contributed by atoms with Gasteiger partial charge in [-0.1, -0.05) is 0 Å². The summed E-state index contributed by atoms with van der Waals surface area (Å²) in [5.41, 5.74) is 0.323. The molecule has 0 spiro atoms. The fraction of sp³-hybridized carbons (Fsp3) is 0.500. The standard InChI is InChI=1S/C14H19N3O4/c1-2-15-14(19)12-4-3-11(9-16-12)21-10-13(18)17-5-7-20-8-6-17/h3-4,9H,2,5-8,10H2,1H3,(H,15,19). The van der Waals surface area contributed by atoms with E-state index in [0.717, 1.165) is 0 Å². The Kier molecular flexibility index (Phi) is 5.51. The smallest absolute Gasteiger partial charge is 0.269 e. The lowest BCUT2D eigenvalue weighted by molar-refractivity contribution is -0.137. The van der Waals surface area contributed by atoms with Gasteiger partial charge in [-0.3, -0.25) is 9.59 Å². The van der Waals surface area contributed by atoms with Crippen molar-refractivity contribution in [2.45, 2.75) is 6.92 Å². The lowest BCUT2D eigenvalue weighted by atomic mass is 10.3. The van der Waals surface area contributed by atoms with Gasteiger partial charge >= 0.3 is 0 Å². The topological polar surface area (TPSA) is 80.8 Å². The van der Waals surface area contributed by atoms with E-state index in [1.165, 1.54) is 6.20 Å². The van der Waals surface area contributed by atoms with Crippen LogP contribution < -0.4 is 10.1 Å². The molecule has 2 rings (SSSR count). The van der Waals surface area contributed by atoms with Gasteiger partial charge in [-0.25, -0.2) is 4.98 Å². The summed E-state index contributed by atoms with van der Waals surface area (Å²) in [5.74, 6) is 0.157. The van der Waals surface area contributed by atoms with Gasteiger partial charge in [0, 0.05) is 19.6 Å². The van der Waals surface area contributed by atoms with Crippen LogP contribution in [0.25, 0.3) is 0 Å². The molecule has 1 N–H and O–H groups in total. The number of nitrogens with one attached hydrogen (secondary N) is 1. The SMILES string of the molecule is CCNC(=O)c1ccc(OCC(=O)N2CCOCC2)cn1. The number of carbonyl (C=O) groups is 2. The zero-order valence-corrected chi connectivity index (χ0v) is 12.0. The first-order chi connectivity index (χ1) is 10.2. The van der Waals surface area contributed by atoms with Gasteiger partial charge in [-0.2, -0.15) is 0 Å². The highest BCUT2D eigenvalue weighted by molar-refractivity contribution is 5.92. The van der Waals surface area contributed by atoms with E-state index >= 15 is 0 Å². The minimum Gasteiger partial charge on any atom is -0.482 e. The van der Waals surface area contributed by atoms with Gasteiger partial charge < -0.3 is 19.7 Å². The van der Waals surface area contributed by atoms with Crippen molar-refractivity contribution in [2.24, 2.45) is 0 Å². The summed E-state index contributed by atoms with van der Waals surface area (Å²) in [6.45, 7) is 4.66. The average Bonchev–Trinajstić information content (AvgIpc) is 2.54. The van der Waals surface area contributed by atoms with Gasteiger partial charge in [0.05, 0.1) is 19.4 Å². The van der Waals surface area contributed by atoms with Crippen LogP contribution in [0.5, 0.6) is 5.75 Å². The Morgan fingerprint density at radius 3 is 2.76 bits per heavy atom. The third-order valence-electron chi connectivity index (χ3n) is 3.03. The van der Waals surface area contributed by atoms with Crippen molar-refractivity contribution in [3.63, 3.8) is 0 Å². The summed E-state index contributed by atoms with van der Waals surface area (Å²) >= 11 is 0. The van der Waals surface area contributed by atoms with Gasteiger partial charge in [0.2, 0.25) is 0 Å². The van der Waals surface area contributed by atoms with E-state index in [-0.39, 0.29) is 18.4 Å². The lowest BCUT2D eigenvalue weighted by Gasteiger charge is -2.26. The van der Waals surface area contributed by atoms with Crippen LogP contribution in [0.3, 0.4) is 0 Å². The molecule has 0 aromatic carbocycles. The monoisotopic (exact) mass is 293 g/mol. The van der Waals surface area contributed by atoms with Gasteiger partial charge in [-0.15, -0.1) is 0 Å². The van der Waals surface area contributed by atoms with Crippen molar-refractivity contribution >= 4 is 11.8 Å². The first-order valence-electron chi connectivity index (χ1n) is 6.93. The van der Waals surface area contributed by atoms with Crippen LogP contribution in [0.2, 0.25) is 0 Å². The van der Waals surface area contributed by atoms with Crippen LogP contribution in [-0.2, 0) is 9.53 Å². The molecule has 2 amide bonds. The van der Waals surface area contributed by atoms with Crippen LogP contribution in [0.15, 0.2) is 18.3 Å². The Balaban J connectivity index is 1.83. The number of carbonyl (C=O) groups excluding carboxylic acids is 2. The molecule has 7 nitrogen and oxygen atoms in total. The third kappa shape index (κ3) is 4.42. The fourth-order valence-corrected chi connectivity index (χ4v) is 1.90. The molecule has 7 heteroatoms. The maximum Gasteiger partial charge on any atom is 0.269 e. The number of hydrogen-bond donors (Lipinski definition) is 1. The van der Waals surface area contributed by atoms with Gasteiger partial charge in [-0.05, 0) is 19.1 Å². The van der Waals surface area contributed by atoms with Crippen LogP contribution in [-0.4, -0.2) is 61.2 Å². The van der Waals surface area contributed by atoms with Gasteiger partial charge in [0.25, 0.3) is 11.8 Å². The molecule has 1 saturated heterocycles. The van der Waals surface area contributed by atoms with Gasteiger partial charge in [0.15, 0.2) is 6.61 Å². The molecule has 21 heavy (non-hydrogen) atoms. The van der Waals surface area contributed by atoms with Crippen LogP contribution in [0.4, 0.5) is 0 Å². The van der Waals surface area contributed by atoms with Crippen molar-refractivity contribution in [2.75, 3.05) is 39.5 Å². The second-order valence-electron chi connectivity index (χ2n) is 4.52. The molecule has 0 aliphatic carbocycles. The Labute approximate surface area is 123 Å². The quantitative estimate of drug-likeness (QED) is 0.831. The largest absolute Gasteiger partial charge is 0.482 e. The zero-order chi connectivity index (χ0) is 15.1. The second-order valence-corrected chi connectivity index (χ2v) is 4.52. The van der Waals surface area contributed by atoms with Crippen LogP contribution in [0.1, 0.15) is 17.4 Å². The Morgan fingerprint density at radius 2 is 2.14 bits per heavy atom. The number of ether oxygens (including phenoxy) is 2. The molecule has 1 fully saturated rings. The van der Waals surface area contributed by atoms with E-state index in [2.05, 4.69) is 10.3 Å². The Morgan fingerprint density at radius 1 is 1.38 bits per heavy atom. The Bertz CT molecular complexity index is 483. The summed E-state index contributed by atoms with van der Waals surface area (Å²) in [6.07, 6.45) is 1.44. The van der Waals surface area contributed by atoms with Gasteiger partial charge in [0.1, 0.15) is 11.4 Å². The normalized spacial score (nSPS) is 14.6. The molecule has 1 aliphatic heterocycles. The molecule has 2 heterocycles. The highest BCUT2D eigenvalue weighted by Gasteiger charge is 2.17. The minimum atomic E-state index is -0.228. The number of aromatic nitrogens is 1. The predicted octanol–water partition coefficient (Wildman–Crippen LogP) is 0.0689. The molecule has 0 radical (unpaired) electrons. The maximum absolute atomic E-state index is 11.9. The molecule has 114 valence electrons. The third-order valence-corrected chi connectivity index (χ3v) is 3.03. The number of amides is 2. The maximum atomic E-state index is 11.9. The van der Waals surface area contributed by atoms with Crippen LogP contribution >= 0.6 is 0 Å². The van der Waals surface area contributed by atoms with E-state index in [1.54, 1.807) is 17.0 Å². The molecule has 1 aliphatic rings. The molecular formula is C14H19N3O4. The summed E-state index contributed by atoms with van der Waals surface area (Å²) in [5, 5.41) is 2.66. The van der Waals surface area contributed by atoms with Crippen molar-refractivity contribution < 1.29 is 19.1 Å². The minimum absolute atomic E-state index is 0.0395. The average molecular weight is 293 g/mol. The molecule has 0 atom stereocenters. The van der Waals surface area contributed by atoms with Crippen molar-refractivity contribution in [1.29, 1.82) is 0 Å². The predicted molar refractivity (Wildman–Crippen MR) is 75.1 cm³/mol. The summed E-state index contributed by atoms with van der Waals surface area (Å²) in [6, 6.07) is 3.20.